The van der Waals surface area contributed by atoms with Crippen LogP contribution in [-0.2, 0) is 25.7 Å². The molecule has 0 spiro atoms. The Morgan fingerprint density at radius 1 is 1.38 bits per heavy atom. The number of likely N-dealkylation sites (N-methyl/N-ethyl adjacent to an activating group) is 1. The molecule has 174 valence electrons. The number of ketones is 1. The van der Waals surface area contributed by atoms with E-state index in [1.807, 2.05) is 19.0 Å². The lowest BCUT2D eigenvalue weighted by atomic mass is 10.0. The molecule has 1 fully saturated rings. The third kappa shape index (κ3) is 5.42. The van der Waals surface area contributed by atoms with E-state index in [1.54, 1.807) is 4.68 Å². The van der Waals surface area contributed by atoms with Crippen LogP contribution in [0.4, 0.5) is 0 Å². The summed E-state index contributed by atoms with van der Waals surface area (Å²) in [5.74, 6) is -2.42. The molecule has 15 heteroatoms. The van der Waals surface area contributed by atoms with Gasteiger partial charge in [0.1, 0.15) is 17.1 Å². The van der Waals surface area contributed by atoms with E-state index in [0.717, 1.165) is 6.54 Å². The van der Waals surface area contributed by atoms with Gasteiger partial charge in [0.25, 0.3) is 5.91 Å². The minimum absolute atomic E-state index is 0.0825. The van der Waals surface area contributed by atoms with Crippen LogP contribution in [0.15, 0.2) is 16.4 Å². The first kappa shape index (κ1) is 24.5. The predicted molar refractivity (Wildman–Crippen MR) is 117 cm³/mol. The number of aromatic nitrogens is 4. The predicted octanol–water partition coefficient (Wildman–Crippen LogP) is -0.737. The molecule has 0 bridgehead atoms. The first-order valence-electron chi connectivity index (χ1n) is 9.53. The summed E-state index contributed by atoms with van der Waals surface area (Å²) in [6.07, 6.45) is -0.420. The number of Topliss-reactive ketones (excluding diaryl/α,β-unsaturated/α-hetero) is 1. The largest absolute Gasteiger partial charge is 0.477 e. The van der Waals surface area contributed by atoms with Gasteiger partial charge in [-0.25, -0.2) is 9.48 Å². The van der Waals surface area contributed by atoms with Crippen molar-refractivity contribution < 1.29 is 24.3 Å². The molecule has 0 radical (unpaired) electrons. The van der Waals surface area contributed by atoms with Crippen LogP contribution in [0.3, 0.4) is 0 Å². The number of carboxylic acid groups (broad SMARTS) is 1. The Bertz CT molecular complexity index is 953. The molecular weight excluding hydrogens is 482 g/mol. The van der Waals surface area contributed by atoms with Crippen LogP contribution in [0, 0.1) is 0 Å². The van der Waals surface area contributed by atoms with Crippen LogP contribution in [0.1, 0.15) is 6.42 Å². The third-order valence-corrected chi connectivity index (χ3v) is 7.39. The maximum atomic E-state index is 12.6. The number of halogens is 1. The Labute approximate surface area is 197 Å². The van der Waals surface area contributed by atoms with Crippen LogP contribution < -0.4 is 5.32 Å². The number of carbonyl (C=O) groups excluding carboxylic acids is 3. The fraction of sp³-hybridized carbons (Fsp3) is 0.588. The van der Waals surface area contributed by atoms with Gasteiger partial charge in [-0.2, -0.15) is 0 Å². The number of thioether (sulfide) groups is 2. The lowest BCUT2D eigenvalue weighted by molar-refractivity contribution is -0.150. The van der Waals surface area contributed by atoms with E-state index in [2.05, 4.69) is 20.8 Å². The van der Waals surface area contributed by atoms with E-state index >= 15 is 0 Å². The average Bonchev–Trinajstić information content (AvgIpc) is 3.20. The summed E-state index contributed by atoms with van der Waals surface area (Å²) in [6, 6.07) is -0.877. The monoisotopic (exact) mass is 503 g/mol. The zero-order valence-electron chi connectivity index (χ0n) is 17.4. The number of nitrogens with zero attached hydrogens (tertiary/aromatic N) is 6. The van der Waals surface area contributed by atoms with E-state index in [-0.39, 0.29) is 11.6 Å². The van der Waals surface area contributed by atoms with Gasteiger partial charge in [0, 0.05) is 18.1 Å². The number of β-lactam (4-membered cyclic amide) rings is 1. The van der Waals surface area contributed by atoms with E-state index in [0.29, 0.717) is 28.8 Å². The number of carbonyl (C=O) groups is 4. The number of rotatable bonds is 11. The third-order valence-electron chi connectivity index (χ3n) is 4.71. The number of fused-ring (bicyclic) bond motifs is 1. The molecule has 1 aromatic rings. The Morgan fingerprint density at radius 3 is 2.78 bits per heavy atom. The summed E-state index contributed by atoms with van der Waals surface area (Å²) in [6.45, 7) is 1.33. The van der Waals surface area contributed by atoms with Crippen molar-refractivity contribution in [1.82, 2.24) is 35.3 Å². The van der Waals surface area contributed by atoms with Crippen LogP contribution in [-0.4, -0.2) is 108 Å². The molecule has 3 heterocycles. The molecule has 12 nitrogen and oxygen atoms in total. The van der Waals surface area contributed by atoms with Crippen LogP contribution >= 0.6 is 35.1 Å². The zero-order chi connectivity index (χ0) is 23.4. The molecule has 2 amide bonds. The summed E-state index contributed by atoms with van der Waals surface area (Å²) in [4.78, 5) is 51.0. The van der Waals surface area contributed by atoms with Crippen LogP contribution in [0.2, 0.25) is 0 Å². The number of hydrogen-bond donors (Lipinski definition) is 2. The summed E-state index contributed by atoms with van der Waals surface area (Å²) in [5.41, 5.74) is 0.488. The molecule has 32 heavy (non-hydrogen) atoms. The average molecular weight is 504 g/mol. The second-order valence-electron chi connectivity index (χ2n) is 7.34. The molecule has 2 aliphatic heterocycles. The van der Waals surface area contributed by atoms with E-state index < -0.39 is 41.4 Å². The number of tetrazole rings is 1. The molecule has 3 rings (SSSR count). The second kappa shape index (κ2) is 10.6. The molecule has 0 saturated carbocycles. The Balaban J connectivity index is 1.67. The molecule has 0 aliphatic carbocycles. The highest BCUT2D eigenvalue weighted by atomic mass is 35.5. The molecule has 0 aromatic carbocycles. The molecular formula is C17H22ClN7O5S2. The van der Waals surface area contributed by atoms with Crippen molar-refractivity contribution in [1.29, 1.82) is 0 Å². The fourth-order valence-corrected chi connectivity index (χ4v) is 5.61. The lowest BCUT2D eigenvalue weighted by Crippen LogP contribution is -2.70. The van der Waals surface area contributed by atoms with Crippen molar-refractivity contribution in [2.45, 2.75) is 29.5 Å². The SMILES string of the molecule is CN(C)CCn1nnnc1SCC1=C(C(=O)O)N2C(=O)C(NC(=O)CC(=O)CCl)C2SC1. The maximum absolute atomic E-state index is 12.6. The molecule has 1 saturated heterocycles. The lowest BCUT2D eigenvalue weighted by Gasteiger charge is -2.49. The standard InChI is InChI=1S/C17H22ClN7O5S2/c1-23(2)3-4-24-17(20-21-22-24)32-8-9-7-31-15-12(19-11(27)5-10(26)6-18)14(28)25(15)13(9)16(29)30/h12,15H,3-8H2,1-2H3,(H,19,27)(H,29,30). The minimum atomic E-state index is -1.21. The number of nitrogens with one attached hydrogen (secondary N) is 1. The van der Waals surface area contributed by atoms with Gasteiger partial charge in [0.15, 0.2) is 5.78 Å². The number of aliphatic carboxylic acids is 1. The number of hydrogen-bond acceptors (Lipinski definition) is 10. The molecule has 1 aromatic heterocycles. The molecule has 2 atom stereocenters. The minimum Gasteiger partial charge on any atom is -0.477 e. The van der Waals surface area contributed by atoms with Gasteiger partial charge in [-0.3, -0.25) is 19.3 Å². The summed E-state index contributed by atoms with van der Waals surface area (Å²) in [7, 11) is 3.87. The fourth-order valence-electron chi connectivity index (χ4n) is 3.13. The van der Waals surface area contributed by atoms with Crippen molar-refractivity contribution in [3.8, 4) is 0 Å². The van der Waals surface area contributed by atoms with Gasteiger partial charge in [0.2, 0.25) is 11.1 Å². The smallest absolute Gasteiger partial charge is 0.352 e. The summed E-state index contributed by atoms with van der Waals surface area (Å²) >= 11 is 8.05. The highest BCUT2D eigenvalue weighted by Gasteiger charge is 2.54. The highest BCUT2D eigenvalue weighted by molar-refractivity contribution is 8.01. The normalized spacial score (nSPS) is 20.2. The van der Waals surface area contributed by atoms with Crippen molar-refractivity contribution >= 4 is 58.7 Å². The Kier molecular flexibility index (Phi) is 8.14. The summed E-state index contributed by atoms with van der Waals surface area (Å²) < 4.78 is 1.65. The van der Waals surface area contributed by atoms with Crippen molar-refractivity contribution in [3.05, 3.63) is 11.3 Å². The summed E-state index contributed by atoms with van der Waals surface area (Å²) in [5, 5.41) is 23.9. The van der Waals surface area contributed by atoms with Crippen molar-refractivity contribution in [2.24, 2.45) is 0 Å². The Hall–Kier alpha value is -2.16. The van der Waals surface area contributed by atoms with Gasteiger partial charge in [-0.05, 0) is 30.1 Å². The molecule has 2 unspecified atom stereocenters. The Morgan fingerprint density at radius 2 is 2.12 bits per heavy atom. The number of carboxylic acids is 1. The van der Waals surface area contributed by atoms with E-state index in [4.69, 9.17) is 11.6 Å². The zero-order valence-corrected chi connectivity index (χ0v) is 19.7. The van der Waals surface area contributed by atoms with E-state index in [9.17, 15) is 24.3 Å². The number of alkyl halides is 1. The molecule has 2 N–H and O–H groups in total. The first-order valence-corrected chi connectivity index (χ1v) is 12.1. The van der Waals surface area contributed by atoms with Crippen LogP contribution in [0.25, 0.3) is 0 Å². The number of amides is 2. The first-order chi connectivity index (χ1) is 15.2. The van der Waals surface area contributed by atoms with Gasteiger partial charge >= 0.3 is 5.97 Å². The topological polar surface area (TPSA) is 151 Å². The van der Waals surface area contributed by atoms with Crippen molar-refractivity contribution in [2.75, 3.05) is 38.0 Å². The highest BCUT2D eigenvalue weighted by Crippen LogP contribution is 2.41. The van der Waals surface area contributed by atoms with Gasteiger partial charge < -0.3 is 15.3 Å². The van der Waals surface area contributed by atoms with Gasteiger partial charge in [-0.1, -0.05) is 11.8 Å². The van der Waals surface area contributed by atoms with E-state index in [1.165, 1.54) is 28.4 Å². The molecule has 2 aliphatic rings. The second-order valence-corrected chi connectivity index (χ2v) is 9.65. The quantitative estimate of drug-likeness (QED) is 0.170. The van der Waals surface area contributed by atoms with Crippen molar-refractivity contribution in [3.63, 3.8) is 0 Å². The maximum Gasteiger partial charge on any atom is 0.352 e. The van der Waals surface area contributed by atoms with Crippen LogP contribution in [0.5, 0.6) is 0 Å². The van der Waals surface area contributed by atoms with Gasteiger partial charge in [0.05, 0.1) is 18.8 Å². The van der Waals surface area contributed by atoms with Gasteiger partial charge in [-0.15, -0.1) is 28.5 Å².